The number of aryl methyl sites for hydroxylation is 2. The second-order valence-corrected chi connectivity index (χ2v) is 5.41. The number of hydrogen-bond donors (Lipinski definition) is 0. The molecule has 0 saturated heterocycles. The van der Waals surface area contributed by atoms with Crippen molar-refractivity contribution in [2.24, 2.45) is 0 Å². The number of nitrogens with zero attached hydrogens (tertiary/aromatic N) is 2. The standard InChI is InChI=1S/C13H12N2S/c1-2-6-10-9(5-1)14-13-15(10)11-7-3-4-8-12(11)16-13/h3-4,7-8H,1-2,5-6H2. The fourth-order valence-electron chi connectivity index (χ4n) is 2.66. The number of benzene rings is 1. The molecule has 0 bridgehead atoms. The Hall–Kier alpha value is -1.35. The molecule has 0 spiro atoms. The van der Waals surface area contributed by atoms with Crippen LogP contribution in [0, 0.1) is 0 Å². The van der Waals surface area contributed by atoms with Crippen molar-refractivity contribution >= 4 is 26.5 Å². The minimum Gasteiger partial charge on any atom is -0.287 e. The summed E-state index contributed by atoms with van der Waals surface area (Å²) in [6.07, 6.45) is 4.97. The van der Waals surface area contributed by atoms with Gasteiger partial charge in [0.1, 0.15) is 0 Å². The Morgan fingerprint density at radius 3 is 3.00 bits per heavy atom. The number of fused-ring (bicyclic) bond motifs is 5. The highest BCUT2D eigenvalue weighted by Crippen LogP contribution is 2.31. The van der Waals surface area contributed by atoms with Crippen LogP contribution in [0.4, 0.5) is 0 Å². The van der Waals surface area contributed by atoms with Gasteiger partial charge in [-0.15, -0.1) is 0 Å². The van der Waals surface area contributed by atoms with Crippen LogP contribution in [0.2, 0.25) is 0 Å². The second-order valence-electron chi connectivity index (χ2n) is 4.40. The summed E-state index contributed by atoms with van der Waals surface area (Å²) in [5.41, 5.74) is 4.13. The highest BCUT2D eigenvalue weighted by molar-refractivity contribution is 7.23. The molecule has 1 aliphatic rings. The molecule has 3 aromatic rings. The van der Waals surface area contributed by atoms with Gasteiger partial charge in [-0.1, -0.05) is 23.5 Å². The second kappa shape index (κ2) is 3.08. The SMILES string of the molecule is c1ccc2c(c1)sc1nc3c(n12)CCCC3. The average Bonchev–Trinajstić information content (AvgIpc) is 2.83. The van der Waals surface area contributed by atoms with Crippen LogP contribution in [-0.2, 0) is 12.8 Å². The van der Waals surface area contributed by atoms with E-state index in [0.717, 1.165) is 6.42 Å². The van der Waals surface area contributed by atoms with Crippen LogP contribution >= 0.6 is 11.3 Å². The lowest BCUT2D eigenvalue weighted by Gasteiger charge is -2.09. The molecule has 2 aromatic heterocycles. The summed E-state index contributed by atoms with van der Waals surface area (Å²) in [6, 6.07) is 8.60. The summed E-state index contributed by atoms with van der Waals surface area (Å²) in [4.78, 5) is 5.95. The van der Waals surface area contributed by atoms with Crippen LogP contribution in [-0.4, -0.2) is 9.38 Å². The van der Waals surface area contributed by atoms with Gasteiger partial charge >= 0.3 is 0 Å². The van der Waals surface area contributed by atoms with Gasteiger partial charge < -0.3 is 0 Å². The van der Waals surface area contributed by atoms with E-state index < -0.39 is 0 Å². The van der Waals surface area contributed by atoms with Gasteiger partial charge in [-0.25, -0.2) is 4.98 Å². The van der Waals surface area contributed by atoms with Gasteiger partial charge in [-0.3, -0.25) is 4.40 Å². The molecule has 80 valence electrons. The van der Waals surface area contributed by atoms with Crippen molar-refractivity contribution in [2.75, 3.05) is 0 Å². The van der Waals surface area contributed by atoms with E-state index in [1.807, 2.05) is 11.3 Å². The molecule has 3 heteroatoms. The maximum Gasteiger partial charge on any atom is 0.195 e. The summed E-state index contributed by atoms with van der Waals surface area (Å²) < 4.78 is 3.72. The molecule has 2 heterocycles. The highest BCUT2D eigenvalue weighted by atomic mass is 32.1. The average molecular weight is 228 g/mol. The molecule has 0 aliphatic heterocycles. The van der Waals surface area contributed by atoms with Gasteiger partial charge in [0.05, 0.1) is 15.9 Å². The molecule has 0 amide bonds. The molecule has 0 saturated carbocycles. The number of thiazole rings is 1. The Balaban J connectivity index is 2.18. The summed E-state index contributed by atoms with van der Waals surface area (Å²) in [6.45, 7) is 0. The summed E-state index contributed by atoms with van der Waals surface area (Å²) >= 11 is 1.81. The first-order valence-electron chi connectivity index (χ1n) is 5.81. The quantitative estimate of drug-likeness (QED) is 0.576. The summed E-state index contributed by atoms with van der Waals surface area (Å²) in [7, 11) is 0. The molecule has 0 N–H and O–H groups in total. The fourth-order valence-corrected chi connectivity index (χ4v) is 3.72. The van der Waals surface area contributed by atoms with Crippen molar-refractivity contribution < 1.29 is 0 Å². The lowest BCUT2D eigenvalue weighted by Crippen LogP contribution is -2.03. The van der Waals surface area contributed by atoms with E-state index in [0.29, 0.717) is 0 Å². The van der Waals surface area contributed by atoms with E-state index in [-0.39, 0.29) is 0 Å². The number of aromatic nitrogens is 2. The zero-order valence-corrected chi connectivity index (χ0v) is 9.76. The van der Waals surface area contributed by atoms with E-state index >= 15 is 0 Å². The number of rotatable bonds is 0. The van der Waals surface area contributed by atoms with Gasteiger partial charge in [-0.05, 0) is 37.8 Å². The molecule has 0 radical (unpaired) electrons. The molecule has 1 aliphatic carbocycles. The highest BCUT2D eigenvalue weighted by Gasteiger charge is 2.18. The van der Waals surface area contributed by atoms with E-state index in [2.05, 4.69) is 28.7 Å². The third kappa shape index (κ3) is 1.04. The maximum absolute atomic E-state index is 4.77. The lowest BCUT2D eigenvalue weighted by molar-refractivity contribution is 0.662. The van der Waals surface area contributed by atoms with Gasteiger partial charge in [0.25, 0.3) is 0 Å². The molecule has 0 atom stereocenters. The Morgan fingerprint density at radius 2 is 2.00 bits per heavy atom. The Labute approximate surface area is 97.5 Å². The Kier molecular flexibility index (Phi) is 1.68. The van der Waals surface area contributed by atoms with Crippen molar-refractivity contribution in [3.8, 4) is 0 Å². The zero-order valence-electron chi connectivity index (χ0n) is 8.94. The van der Waals surface area contributed by atoms with Crippen LogP contribution in [0.5, 0.6) is 0 Å². The molecule has 0 unspecified atom stereocenters. The lowest BCUT2D eigenvalue weighted by atomic mass is 10.0. The van der Waals surface area contributed by atoms with Crippen molar-refractivity contribution in [1.82, 2.24) is 9.38 Å². The minimum atomic E-state index is 1.16. The Morgan fingerprint density at radius 1 is 1.12 bits per heavy atom. The normalized spacial score (nSPS) is 15.8. The first kappa shape index (κ1) is 8.76. The topological polar surface area (TPSA) is 17.3 Å². The molecule has 16 heavy (non-hydrogen) atoms. The fraction of sp³-hybridized carbons (Fsp3) is 0.308. The summed E-state index contributed by atoms with van der Waals surface area (Å²) in [5.74, 6) is 0. The van der Waals surface area contributed by atoms with Crippen LogP contribution < -0.4 is 0 Å². The smallest absolute Gasteiger partial charge is 0.195 e. The molecule has 1 aromatic carbocycles. The van der Waals surface area contributed by atoms with Crippen molar-refractivity contribution in [3.63, 3.8) is 0 Å². The monoisotopic (exact) mass is 228 g/mol. The van der Waals surface area contributed by atoms with Crippen molar-refractivity contribution in [2.45, 2.75) is 25.7 Å². The third-order valence-corrected chi connectivity index (χ3v) is 4.43. The predicted molar refractivity (Wildman–Crippen MR) is 67.2 cm³/mol. The molecular formula is C13H12N2S. The van der Waals surface area contributed by atoms with E-state index in [4.69, 9.17) is 4.98 Å². The van der Waals surface area contributed by atoms with Crippen molar-refractivity contribution in [3.05, 3.63) is 35.7 Å². The zero-order chi connectivity index (χ0) is 10.5. The first-order valence-corrected chi connectivity index (χ1v) is 6.63. The predicted octanol–water partition coefficient (Wildman–Crippen LogP) is 3.43. The number of imidazole rings is 1. The third-order valence-electron chi connectivity index (χ3n) is 3.41. The molecule has 0 fully saturated rings. The number of para-hydroxylation sites is 1. The van der Waals surface area contributed by atoms with Gasteiger partial charge in [-0.2, -0.15) is 0 Å². The summed E-state index contributed by atoms with van der Waals surface area (Å²) in [5, 5.41) is 0. The van der Waals surface area contributed by atoms with Crippen LogP contribution in [0.25, 0.3) is 15.2 Å². The van der Waals surface area contributed by atoms with E-state index in [9.17, 15) is 0 Å². The molecule has 2 nitrogen and oxygen atoms in total. The van der Waals surface area contributed by atoms with Crippen LogP contribution in [0.3, 0.4) is 0 Å². The molecular weight excluding hydrogens is 216 g/mol. The van der Waals surface area contributed by atoms with Gasteiger partial charge in [0.2, 0.25) is 0 Å². The van der Waals surface area contributed by atoms with Crippen LogP contribution in [0.1, 0.15) is 24.2 Å². The van der Waals surface area contributed by atoms with E-state index in [1.54, 1.807) is 0 Å². The Bertz CT molecular complexity index is 678. The minimum absolute atomic E-state index is 1.16. The number of hydrogen-bond acceptors (Lipinski definition) is 2. The van der Waals surface area contributed by atoms with Crippen LogP contribution in [0.15, 0.2) is 24.3 Å². The first-order chi connectivity index (χ1) is 7.93. The largest absolute Gasteiger partial charge is 0.287 e. The van der Waals surface area contributed by atoms with E-state index in [1.165, 1.54) is 45.8 Å². The molecule has 4 rings (SSSR count). The van der Waals surface area contributed by atoms with Gasteiger partial charge in [0, 0.05) is 5.69 Å². The van der Waals surface area contributed by atoms with Gasteiger partial charge in [0.15, 0.2) is 4.96 Å². The van der Waals surface area contributed by atoms with Crippen molar-refractivity contribution in [1.29, 1.82) is 0 Å². The maximum atomic E-state index is 4.77.